The first-order chi connectivity index (χ1) is 14.1. The van der Waals surface area contributed by atoms with E-state index in [9.17, 15) is 14.4 Å². The number of fused-ring (bicyclic) bond motifs is 1. The van der Waals surface area contributed by atoms with Crippen molar-refractivity contribution in [3.63, 3.8) is 0 Å². The molecule has 2 aliphatic heterocycles. The fourth-order valence-electron chi connectivity index (χ4n) is 4.23. The molecule has 0 bridgehead atoms. The molecule has 2 heterocycles. The number of benzene rings is 2. The smallest absolute Gasteiger partial charge is 0.410 e. The molecular formula is C23H24N2O4. The largest absolute Gasteiger partial charge is 0.445 e. The third-order valence-corrected chi connectivity index (χ3v) is 5.87. The highest BCUT2D eigenvalue weighted by atomic mass is 16.6. The molecule has 6 nitrogen and oxygen atoms in total. The molecule has 3 amide bonds. The van der Waals surface area contributed by atoms with Crippen molar-refractivity contribution in [2.24, 2.45) is 5.92 Å². The average molecular weight is 392 g/mol. The summed E-state index contributed by atoms with van der Waals surface area (Å²) in [6, 6.07) is 16.1. The van der Waals surface area contributed by atoms with Gasteiger partial charge in [0.1, 0.15) is 6.61 Å². The van der Waals surface area contributed by atoms with Crippen molar-refractivity contribution in [3.8, 4) is 0 Å². The van der Waals surface area contributed by atoms with Crippen LogP contribution in [0.5, 0.6) is 0 Å². The fraction of sp³-hybridized carbons (Fsp3) is 0.348. The van der Waals surface area contributed by atoms with E-state index in [4.69, 9.17) is 4.74 Å². The monoisotopic (exact) mass is 392 g/mol. The predicted octanol–water partition coefficient (Wildman–Crippen LogP) is 3.72. The summed E-state index contributed by atoms with van der Waals surface area (Å²) in [6.45, 7) is 3.12. The van der Waals surface area contributed by atoms with Gasteiger partial charge >= 0.3 is 6.09 Å². The van der Waals surface area contributed by atoms with Crippen molar-refractivity contribution in [2.75, 3.05) is 13.1 Å². The highest BCUT2D eigenvalue weighted by molar-refractivity contribution is 6.21. The quantitative estimate of drug-likeness (QED) is 0.744. The summed E-state index contributed by atoms with van der Waals surface area (Å²) in [7, 11) is 0. The Kier molecular flexibility index (Phi) is 5.34. The molecule has 0 spiro atoms. The average Bonchev–Trinajstić information content (AvgIpc) is 3.02. The second-order valence-corrected chi connectivity index (χ2v) is 7.54. The number of carbonyl (C=O) groups is 3. The molecule has 4 rings (SSSR count). The molecule has 0 aliphatic carbocycles. The summed E-state index contributed by atoms with van der Waals surface area (Å²) in [5, 5.41) is 0. The maximum atomic E-state index is 12.9. The molecule has 0 aromatic heterocycles. The highest BCUT2D eigenvalue weighted by Gasteiger charge is 2.45. The molecule has 1 saturated heterocycles. The molecule has 2 atom stereocenters. The summed E-state index contributed by atoms with van der Waals surface area (Å²) in [5.41, 5.74) is 1.80. The zero-order valence-corrected chi connectivity index (χ0v) is 16.4. The summed E-state index contributed by atoms with van der Waals surface area (Å²) in [6.07, 6.45) is 1.16. The first kappa shape index (κ1) is 19.2. The van der Waals surface area contributed by atoms with Crippen LogP contribution in [0.1, 0.15) is 46.0 Å². The maximum Gasteiger partial charge on any atom is 0.410 e. The van der Waals surface area contributed by atoms with Gasteiger partial charge in [-0.1, -0.05) is 55.8 Å². The number of hydrogen-bond donors (Lipinski definition) is 0. The van der Waals surface area contributed by atoms with Crippen LogP contribution in [-0.4, -0.2) is 46.8 Å². The minimum atomic E-state index is -0.412. The van der Waals surface area contributed by atoms with Gasteiger partial charge in [-0.2, -0.15) is 0 Å². The molecule has 0 saturated carbocycles. The van der Waals surface area contributed by atoms with Crippen LogP contribution in [0.15, 0.2) is 54.6 Å². The van der Waals surface area contributed by atoms with Crippen LogP contribution >= 0.6 is 0 Å². The van der Waals surface area contributed by atoms with Crippen molar-refractivity contribution in [3.05, 3.63) is 71.3 Å². The number of hydrogen-bond acceptors (Lipinski definition) is 4. The normalized spacial score (nSPS) is 21.3. The predicted molar refractivity (Wildman–Crippen MR) is 107 cm³/mol. The zero-order valence-electron chi connectivity index (χ0n) is 16.4. The van der Waals surface area contributed by atoms with Gasteiger partial charge in [-0.05, 0) is 30.0 Å². The molecule has 1 fully saturated rings. The molecule has 150 valence electrons. The topological polar surface area (TPSA) is 66.9 Å². The molecule has 2 aromatic rings. The number of ether oxygens (including phenoxy) is 1. The number of rotatable bonds is 4. The van der Waals surface area contributed by atoms with Crippen molar-refractivity contribution < 1.29 is 19.1 Å². The molecule has 0 unspecified atom stereocenters. The number of amides is 3. The van der Waals surface area contributed by atoms with Crippen molar-refractivity contribution in [1.29, 1.82) is 0 Å². The SMILES string of the molecule is CC[C@H]1CCN(C(=O)OCc2ccccc2)C[C@H]1N1C(=O)c2ccccc2C1=O. The number of imide groups is 1. The van der Waals surface area contributed by atoms with E-state index in [-0.39, 0.29) is 30.4 Å². The molecule has 2 aromatic carbocycles. The van der Waals surface area contributed by atoms with Gasteiger partial charge in [-0.3, -0.25) is 14.5 Å². The number of piperidine rings is 1. The second-order valence-electron chi connectivity index (χ2n) is 7.54. The van der Waals surface area contributed by atoms with E-state index in [1.807, 2.05) is 30.3 Å². The molecule has 0 radical (unpaired) electrons. The van der Waals surface area contributed by atoms with Crippen LogP contribution in [0.25, 0.3) is 0 Å². The number of carbonyl (C=O) groups excluding carboxylic acids is 3. The lowest BCUT2D eigenvalue weighted by Gasteiger charge is -2.41. The molecule has 2 aliphatic rings. The van der Waals surface area contributed by atoms with Gasteiger partial charge < -0.3 is 9.64 Å². The molecule has 6 heteroatoms. The fourth-order valence-corrected chi connectivity index (χ4v) is 4.23. The zero-order chi connectivity index (χ0) is 20.4. The Morgan fingerprint density at radius 3 is 2.24 bits per heavy atom. The van der Waals surface area contributed by atoms with Gasteiger partial charge in [-0.25, -0.2) is 4.79 Å². The van der Waals surface area contributed by atoms with Gasteiger partial charge in [0.25, 0.3) is 11.8 Å². The Hall–Kier alpha value is -3.15. The highest BCUT2D eigenvalue weighted by Crippen LogP contribution is 2.32. The Labute approximate surface area is 170 Å². The van der Waals surface area contributed by atoms with Gasteiger partial charge in [-0.15, -0.1) is 0 Å². The van der Waals surface area contributed by atoms with E-state index >= 15 is 0 Å². The second kappa shape index (κ2) is 8.07. The molecule has 0 N–H and O–H groups in total. The van der Waals surface area contributed by atoms with E-state index in [0.29, 0.717) is 24.2 Å². The Balaban J connectivity index is 1.48. The summed E-state index contributed by atoms with van der Waals surface area (Å²) >= 11 is 0. The maximum absolute atomic E-state index is 12.9. The Morgan fingerprint density at radius 2 is 1.62 bits per heavy atom. The number of nitrogens with zero attached hydrogens (tertiary/aromatic N) is 2. The van der Waals surface area contributed by atoms with E-state index in [1.54, 1.807) is 29.2 Å². The van der Waals surface area contributed by atoms with Crippen molar-refractivity contribution >= 4 is 17.9 Å². The van der Waals surface area contributed by atoms with Crippen molar-refractivity contribution in [1.82, 2.24) is 9.80 Å². The van der Waals surface area contributed by atoms with E-state index in [1.165, 1.54) is 4.90 Å². The lowest BCUT2D eigenvalue weighted by Crippen LogP contribution is -2.55. The molecular weight excluding hydrogens is 368 g/mol. The number of likely N-dealkylation sites (tertiary alicyclic amines) is 1. The summed E-state index contributed by atoms with van der Waals surface area (Å²) in [4.78, 5) is 41.4. The first-order valence-electron chi connectivity index (χ1n) is 10.0. The van der Waals surface area contributed by atoms with Gasteiger partial charge in [0.05, 0.1) is 17.2 Å². The minimum Gasteiger partial charge on any atom is -0.445 e. The van der Waals surface area contributed by atoms with E-state index in [2.05, 4.69) is 6.92 Å². The standard InChI is InChI=1S/C23H24N2O4/c1-2-17-12-13-24(23(28)29-15-16-8-4-3-5-9-16)14-20(17)25-21(26)18-10-6-7-11-19(18)22(25)27/h3-11,17,20H,2,12-15H2,1H3/t17-,20+/m0/s1. The van der Waals surface area contributed by atoms with E-state index in [0.717, 1.165) is 18.4 Å². The van der Waals surface area contributed by atoms with Crippen LogP contribution in [0.2, 0.25) is 0 Å². The van der Waals surface area contributed by atoms with E-state index < -0.39 is 6.09 Å². The first-order valence-corrected chi connectivity index (χ1v) is 10.0. The Bertz CT molecular complexity index is 892. The van der Waals surface area contributed by atoms with Gasteiger partial charge in [0.2, 0.25) is 0 Å². The minimum absolute atomic E-state index is 0.162. The van der Waals surface area contributed by atoms with Crippen LogP contribution in [-0.2, 0) is 11.3 Å². The molecule has 29 heavy (non-hydrogen) atoms. The van der Waals surface area contributed by atoms with Gasteiger partial charge in [0.15, 0.2) is 0 Å². The summed E-state index contributed by atoms with van der Waals surface area (Å²) < 4.78 is 5.46. The third kappa shape index (κ3) is 3.62. The third-order valence-electron chi connectivity index (χ3n) is 5.87. The Morgan fingerprint density at radius 1 is 1.00 bits per heavy atom. The van der Waals surface area contributed by atoms with Crippen LogP contribution in [0, 0.1) is 5.92 Å². The lowest BCUT2D eigenvalue weighted by atomic mass is 9.88. The van der Waals surface area contributed by atoms with Crippen molar-refractivity contribution in [2.45, 2.75) is 32.4 Å². The summed E-state index contributed by atoms with van der Waals surface area (Å²) in [5.74, 6) is -0.377. The van der Waals surface area contributed by atoms with Gasteiger partial charge in [0, 0.05) is 13.1 Å². The van der Waals surface area contributed by atoms with Crippen LogP contribution in [0.4, 0.5) is 4.79 Å². The van der Waals surface area contributed by atoms with Crippen LogP contribution < -0.4 is 0 Å². The lowest BCUT2D eigenvalue weighted by molar-refractivity contribution is 0.0286. The van der Waals surface area contributed by atoms with Crippen LogP contribution in [0.3, 0.4) is 0 Å².